The Hall–Kier alpha value is -0.0800. The summed E-state index contributed by atoms with van der Waals surface area (Å²) in [5, 5.41) is 0. The number of rotatable bonds is 4. The molecule has 0 fully saturated rings. The van der Waals surface area contributed by atoms with Gasteiger partial charge in [-0.15, -0.1) is 0 Å². The van der Waals surface area contributed by atoms with Crippen molar-refractivity contribution in [3.63, 3.8) is 0 Å². The Morgan fingerprint density at radius 3 is 1.00 bits per heavy atom. The van der Waals surface area contributed by atoms with Crippen molar-refractivity contribution >= 4 is 0 Å². The standard InChI is InChI=1S/C5H12O2.6CH4/c1-3-6-5-7-4-2;;;;;;/h3-5H2,1-2H3;6*1H4. The highest BCUT2D eigenvalue weighted by Gasteiger charge is 1.76. The predicted octanol–water partition coefficient (Wildman–Crippen LogP) is 4.83. The molecule has 0 bridgehead atoms. The molecule has 0 heterocycles. The maximum atomic E-state index is 4.85. The van der Waals surface area contributed by atoms with Crippen LogP contribution in [0.25, 0.3) is 0 Å². The summed E-state index contributed by atoms with van der Waals surface area (Å²) >= 11 is 0. The highest BCUT2D eigenvalue weighted by atomic mass is 16.7. The van der Waals surface area contributed by atoms with E-state index in [9.17, 15) is 0 Å². The minimum atomic E-state index is 0. The van der Waals surface area contributed by atoms with Crippen molar-refractivity contribution in [3.8, 4) is 0 Å². The van der Waals surface area contributed by atoms with E-state index in [2.05, 4.69) is 0 Å². The maximum absolute atomic E-state index is 4.85. The van der Waals surface area contributed by atoms with Gasteiger partial charge >= 0.3 is 0 Å². The van der Waals surface area contributed by atoms with Gasteiger partial charge in [0.2, 0.25) is 0 Å². The van der Waals surface area contributed by atoms with Crippen LogP contribution in [0.1, 0.15) is 58.4 Å². The van der Waals surface area contributed by atoms with E-state index in [1.165, 1.54) is 0 Å². The lowest BCUT2D eigenvalue weighted by Crippen LogP contribution is -1.97. The maximum Gasteiger partial charge on any atom is 0.146 e. The molecule has 0 amide bonds. The summed E-state index contributed by atoms with van der Waals surface area (Å²) in [6.45, 7) is 5.80. The molecule has 0 atom stereocenters. The van der Waals surface area contributed by atoms with E-state index in [-0.39, 0.29) is 44.6 Å². The van der Waals surface area contributed by atoms with Gasteiger partial charge in [-0.3, -0.25) is 0 Å². The zero-order chi connectivity index (χ0) is 5.54. The summed E-state index contributed by atoms with van der Waals surface area (Å²) in [5.74, 6) is 0. The van der Waals surface area contributed by atoms with Crippen LogP contribution >= 0.6 is 0 Å². The number of hydrogen-bond acceptors (Lipinski definition) is 2. The van der Waals surface area contributed by atoms with Crippen molar-refractivity contribution in [1.82, 2.24) is 0 Å². The summed E-state index contributed by atoms with van der Waals surface area (Å²) in [5.41, 5.74) is 0. The lowest BCUT2D eigenvalue weighted by molar-refractivity contribution is -0.0445. The van der Waals surface area contributed by atoms with Gasteiger partial charge in [0.25, 0.3) is 0 Å². The molecule has 0 rings (SSSR count). The van der Waals surface area contributed by atoms with E-state index in [1.54, 1.807) is 0 Å². The lowest BCUT2D eigenvalue weighted by atomic mass is 10.9. The molecule has 92 valence electrons. The van der Waals surface area contributed by atoms with Crippen LogP contribution in [-0.2, 0) is 9.47 Å². The third kappa shape index (κ3) is 76.3. The molecule has 0 spiro atoms. The first kappa shape index (κ1) is 52.4. The van der Waals surface area contributed by atoms with Crippen LogP contribution in [0.2, 0.25) is 0 Å². The fourth-order valence-corrected chi connectivity index (χ4v) is 0.226. The van der Waals surface area contributed by atoms with Crippen molar-refractivity contribution in [2.75, 3.05) is 20.0 Å². The molecule has 0 radical (unpaired) electrons. The fourth-order valence-electron chi connectivity index (χ4n) is 0.226. The number of ether oxygens (including phenoxy) is 2. The van der Waals surface area contributed by atoms with Crippen molar-refractivity contribution in [1.29, 1.82) is 0 Å². The van der Waals surface area contributed by atoms with E-state index in [4.69, 9.17) is 9.47 Å². The van der Waals surface area contributed by atoms with Gasteiger partial charge in [-0.25, -0.2) is 0 Å². The van der Waals surface area contributed by atoms with E-state index in [0.717, 1.165) is 13.2 Å². The van der Waals surface area contributed by atoms with E-state index < -0.39 is 0 Å². The molecular weight excluding hydrogens is 164 g/mol. The Bertz CT molecular complexity index is 27.3. The predicted molar refractivity (Wildman–Crippen MR) is 68.5 cm³/mol. The molecule has 0 aliphatic rings. The van der Waals surface area contributed by atoms with Crippen LogP contribution in [0.5, 0.6) is 0 Å². The molecule has 13 heavy (non-hydrogen) atoms. The van der Waals surface area contributed by atoms with Gasteiger partial charge in [-0.2, -0.15) is 0 Å². The second-order valence-electron chi connectivity index (χ2n) is 1.10. The van der Waals surface area contributed by atoms with Gasteiger partial charge in [-0.05, 0) is 13.8 Å². The third-order valence-corrected chi connectivity index (χ3v) is 0.575. The first-order valence-electron chi connectivity index (χ1n) is 2.57. The van der Waals surface area contributed by atoms with Crippen LogP contribution in [0.4, 0.5) is 0 Å². The average Bonchev–Trinajstić information content (AvgIpc) is 1.69. The van der Waals surface area contributed by atoms with Gasteiger partial charge in [0.05, 0.1) is 0 Å². The topological polar surface area (TPSA) is 18.5 Å². The minimum Gasteiger partial charge on any atom is -0.356 e. The molecule has 0 aliphatic heterocycles. The molecule has 0 aromatic carbocycles. The van der Waals surface area contributed by atoms with Crippen LogP contribution in [-0.4, -0.2) is 20.0 Å². The molecule has 2 nitrogen and oxygen atoms in total. The highest BCUT2D eigenvalue weighted by molar-refractivity contribution is 4.08. The van der Waals surface area contributed by atoms with Gasteiger partial charge in [0.15, 0.2) is 0 Å². The average molecular weight is 200 g/mol. The van der Waals surface area contributed by atoms with E-state index in [0.29, 0.717) is 6.79 Å². The van der Waals surface area contributed by atoms with Crippen molar-refractivity contribution < 1.29 is 9.47 Å². The summed E-state index contributed by atoms with van der Waals surface area (Å²) in [7, 11) is 0. The Morgan fingerprint density at radius 2 is 0.846 bits per heavy atom. The normalized spacial score (nSPS) is 5.08. The zero-order valence-electron chi connectivity index (χ0n) is 4.94. The lowest BCUT2D eigenvalue weighted by Gasteiger charge is -1.97. The molecule has 0 aromatic rings. The summed E-state index contributed by atoms with van der Waals surface area (Å²) in [6, 6.07) is 0. The van der Waals surface area contributed by atoms with Crippen LogP contribution in [0.15, 0.2) is 0 Å². The van der Waals surface area contributed by atoms with Gasteiger partial charge in [0, 0.05) is 13.2 Å². The molecule has 0 N–H and O–H groups in total. The highest BCUT2D eigenvalue weighted by Crippen LogP contribution is 1.74. The monoisotopic (exact) mass is 200 g/mol. The summed E-state index contributed by atoms with van der Waals surface area (Å²) in [6.07, 6.45) is 0. The minimum absolute atomic E-state index is 0. The summed E-state index contributed by atoms with van der Waals surface area (Å²) in [4.78, 5) is 0. The van der Waals surface area contributed by atoms with Crippen molar-refractivity contribution in [3.05, 3.63) is 0 Å². The Morgan fingerprint density at radius 1 is 0.615 bits per heavy atom. The van der Waals surface area contributed by atoms with Crippen molar-refractivity contribution in [2.45, 2.75) is 58.4 Å². The molecule has 2 heteroatoms. The number of hydrogen-bond donors (Lipinski definition) is 0. The van der Waals surface area contributed by atoms with Gasteiger partial charge in [0.1, 0.15) is 6.79 Å². The molecule has 0 aliphatic carbocycles. The van der Waals surface area contributed by atoms with Crippen LogP contribution in [0, 0.1) is 0 Å². The quantitative estimate of drug-likeness (QED) is 0.478. The molecule has 0 aromatic heterocycles. The van der Waals surface area contributed by atoms with Gasteiger partial charge < -0.3 is 9.47 Å². The third-order valence-electron chi connectivity index (χ3n) is 0.575. The second kappa shape index (κ2) is 58.7. The zero-order valence-corrected chi connectivity index (χ0v) is 4.94. The SMILES string of the molecule is C.C.C.C.C.C.CCOCOCC. The molecule has 0 unspecified atom stereocenters. The largest absolute Gasteiger partial charge is 0.356 e. The van der Waals surface area contributed by atoms with Gasteiger partial charge in [-0.1, -0.05) is 44.6 Å². The van der Waals surface area contributed by atoms with E-state index in [1.807, 2.05) is 13.8 Å². The van der Waals surface area contributed by atoms with E-state index >= 15 is 0 Å². The van der Waals surface area contributed by atoms with Crippen LogP contribution < -0.4 is 0 Å². The summed E-state index contributed by atoms with van der Waals surface area (Å²) < 4.78 is 9.70. The molecular formula is C11H36O2. The van der Waals surface area contributed by atoms with Crippen molar-refractivity contribution in [2.24, 2.45) is 0 Å². The smallest absolute Gasteiger partial charge is 0.146 e. The first-order chi connectivity index (χ1) is 3.41. The first-order valence-corrected chi connectivity index (χ1v) is 2.57. The Kier molecular flexibility index (Phi) is 237. The molecule has 0 saturated heterocycles. The second-order valence-corrected chi connectivity index (χ2v) is 1.10. The Balaban J connectivity index is -0.0000000120. The Labute approximate surface area is 88.7 Å². The fraction of sp³-hybridized carbons (Fsp3) is 1.00. The van der Waals surface area contributed by atoms with Crippen LogP contribution in [0.3, 0.4) is 0 Å². The molecule has 0 saturated carbocycles.